The lowest BCUT2D eigenvalue weighted by Gasteiger charge is -2.28. The molecule has 2 amide bonds. The van der Waals surface area contributed by atoms with Crippen molar-refractivity contribution in [3.05, 3.63) is 41.7 Å². The minimum atomic E-state index is -0.227. The van der Waals surface area contributed by atoms with E-state index in [1.54, 1.807) is 0 Å². The van der Waals surface area contributed by atoms with Crippen LogP contribution >= 0.6 is 0 Å². The number of aromatic nitrogens is 2. The standard InChI is InChI=1S/C21H29N5O2/c1-14(2)18-12-17(24-26(18)21(3,4)5)20(28)23-15-6-8-16(9-7-15)25-11-10-22-19(27)13-25/h6-9,12,14H,10-11,13H2,1-5H3,(H,22,27)(H,23,28). The summed E-state index contributed by atoms with van der Waals surface area (Å²) < 4.78 is 1.93. The number of benzene rings is 1. The fourth-order valence-corrected chi connectivity index (χ4v) is 3.26. The molecule has 150 valence electrons. The smallest absolute Gasteiger partial charge is 0.276 e. The van der Waals surface area contributed by atoms with E-state index in [0.717, 1.165) is 17.9 Å². The fraction of sp³-hybridized carbons (Fsp3) is 0.476. The Bertz CT molecular complexity index is 862. The van der Waals surface area contributed by atoms with E-state index in [1.807, 2.05) is 39.9 Å². The Labute approximate surface area is 166 Å². The molecule has 0 atom stereocenters. The van der Waals surface area contributed by atoms with Crippen LogP contribution in [0.25, 0.3) is 0 Å². The third-order valence-electron chi connectivity index (χ3n) is 4.73. The highest BCUT2D eigenvalue weighted by Gasteiger charge is 2.23. The molecule has 0 bridgehead atoms. The molecule has 0 spiro atoms. The van der Waals surface area contributed by atoms with Gasteiger partial charge in [0.15, 0.2) is 5.69 Å². The monoisotopic (exact) mass is 383 g/mol. The molecular formula is C21H29N5O2. The fourth-order valence-electron chi connectivity index (χ4n) is 3.26. The first-order valence-corrected chi connectivity index (χ1v) is 9.68. The van der Waals surface area contributed by atoms with E-state index in [9.17, 15) is 9.59 Å². The number of anilines is 2. The Morgan fingerprint density at radius 1 is 1.21 bits per heavy atom. The third-order valence-corrected chi connectivity index (χ3v) is 4.73. The van der Waals surface area contributed by atoms with E-state index in [4.69, 9.17) is 0 Å². The molecular weight excluding hydrogens is 354 g/mol. The van der Waals surface area contributed by atoms with Crippen molar-refractivity contribution in [1.29, 1.82) is 0 Å². The van der Waals surface area contributed by atoms with E-state index in [0.29, 0.717) is 24.5 Å². The average molecular weight is 383 g/mol. The maximum Gasteiger partial charge on any atom is 0.276 e. The van der Waals surface area contributed by atoms with Crippen LogP contribution in [-0.4, -0.2) is 41.2 Å². The van der Waals surface area contributed by atoms with Crippen LogP contribution < -0.4 is 15.5 Å². The number of amides is 2. The average Bonchev–Trinajstić information content (AvgIpc) is 3.09. The molecule has 0 radical (unpaired) electrons. The third kappa shape index (κ3) is 4.35. The highest BCUT2D eigenvalue weighted by Crippen LogP contribution is 2.24. The Balaban J connectivity index is 1.73. The topological polar surface area (TPSA) is 79.3 Å². The van der Waals surface area contributed by atoms with Crippen LogP contribution in [0.15, 0.2) is 30.3 Å². The number of rotatable bonds is 4. The lowest BCUT2D eigenvalue weighted by molar-refractivity contribution is -0.120. The van der Waals surface area contributed by atoms with Gasteiger partial charge in [-0.05, 0) is 57.0 Å². The molecule has 1 saturated heterocycles. The van der Waals surface area contributed by atoms with Crippen molar-refractivity contribution in [2.45, 2.75) is 46.1 Å². The quantitative estimate of drug-likeness (QED) is 0.851. The van der Waals surface area contributed by atoms with Crippen LogP contribution in [-0.2, 0) is 10.3 Å². The van der Waals surface area contributed by atoms with Crippen molar-refractivity contribution in [3.63, 3.8) is 0 Å². The van der Waals surface area contributed by atoms with Crippen molar-refractivity contribution in [3.8, 4) is 0 Å². The van der Waals surface area contributed by atoms with Gasteiger partial charge in [0.2, 0.25) is 5.91 Å². The van der Waals surface area contributed by atoms with Gasteiger partial charge < -0.3 is 15.5 Å². The largest absolute Gasteiger partial charge is 0.360 e. The van der Waals surface area contributed by atoms with E-state index < -0.39 is 0 Å². The second-order valence-corrected chi connectivity index (χ2v) is 8.46. The Hall–Kier alpha value is -2.83. The molecule has 2 aromatic rings. The van der Waals surface area contributed by atoms with E-state index in [-0.39, 0.29) is 23.3 Å². The van der Waals surface area contributed by atoms with Crippen LogP contribution in [0, 0.1) is 0 Å². The van der Waals surface area contributed by atoms with Gasteiger partial charge in [0.25, 0.3) is 5.91 Å². The predicted molar refractivity (Wildman–Crippen MR) is 111 cm³/mol. The molecule has 0 aliphatic carbocycles. The molecule has 1 aromatic carbocycles. The first-order valence-electron chi connectivity index (χ1n) is 9.68. The summed E-state index contributed by atoms with van der Waals surface area (Å²) in [6.07, 6.45) is 0. The molecule has 7 nitrogen and oxygen atoms in total. The molecule has 0 unspecified atom stereocenters. The first-order chi connectivity index (χ1) is 13.1. The lowest BCUT2D eigenvalue weighted by atomic mass is 10.1. The van der Waals surface area contributed by atoms with E-state index >= 15 is 0 Å². The van der Waals surface area contributed by atoms with Gasteiger partial charge in [0.05, 0.1) is 12.1 Å². The summed E-state index contributed by atoms with van der Waals surface area (Å²) in [6.45, 7) is 12.2. The van der Waals surface area contributed by atoms with Crippen LogP contribution in [0.3, 0.4) is 0 Å². The van der Waals surface area contributed by atoms with Crippen molar-refractivity contribution in [2.24, 2.45) is 0 Å². The number of carbonyl (C=O) groups excluding carboxylic acids is 2. The van der Waals surface area contributed by atoms with Crippen LogP contribution in [0.1, 0.15) is 56.7 Å². The molecule has 7 heteroatoms. The minimum Gasteiger partial charge on any atom is -0.360 e. The summed E-state index contributed by atoms with van der Waals surface area (Å²) in [4.78, 5) is 26.3. The van der Waals surface area contributed by atoms with Crippen LogP contribution in [0.5, 0.6) is 0 Å². The molecule has 2 N–H and O–H groups in total. The summed E-state index contributed by atoms with van der Waals surface area (Å²) in [5.74, 6) is 0.0725. The summed E-state index contributed by atoms with van der Waals surface area (Å²) in [6, 6.07) is 9.41. The molecule has 28 heavy (non-hydrogen) atoms. The van der Waals surface area contributed by atoms with Gasteiger partial charge in [-0.25, -0.2) is 0 Å². The van der Waals surface area contributed by atoms with Crippen LogP contribution in [0.2, 0.25) is 0 Å². The summed E-state index contributed by atoms with van der Waals surface area (Å²) in [5.41, 5.74) is 2.92. The maximum atomic E-state index is 12.7. The van der Waals surface area contributed by atoms with Crippen molar-refractivity contribution >= 4 is 23.2 Å². The van der Waals surface area contributed by atoms with Crippen molar-refractivity contribution in [1.82, 2.24) is 15.1 Å². The Morgan fingerprint density at radius 2 is 1.89 bits per heavy atom. The van der Waals surface area contributed by atoms with Gasteiger partial charge in [0, 0.05) is 30.2 Å². The zero-order valence-electron chi connectivity index (χ0n) is 17.2. The minimum absolute atomic E-state index is 0.0269. The molecule has 0 saturated carbocycles. The van der Waals surface area contributed by atoms with Gasteiger partial charge in [-0.15, -0.1) is 0 Å². The second kappa shape index (κ2) is 7.66. The number of hydrogen-bond acceptors (Lipinski definition) is 4. The Morgan fingerprint density at radius 3 is 2.43 bits per heavy atom. The van der Waals surface area contributed by atoms with Crippen molar-refractivity contribution in [2.75, 3.05) is 29.9 Å². The van der Waals surface area contributed by atoms with Gasteiger partial charge in [-0.2, -0.15) is 5.10 Å². The number of hydrogen-bond donors (Lipinski definition) is 2. The highest BCUT2D eigenvalue weighted by molar-refractivity contribution is 6.03. The highest BCUT2D eigenvalue weighted by atomic mass is 16.2. The van der Waals surface area contributed by atoms with Gasteiger partial charge in [-0.3, -0.25) is 14.3 Å². The molecule has 1 aliphatic rings. The molecule has 2 heterocycles. The molecule has 3 rings (SSSR count). The van der Waals surface area contributed by atoms with Gasteiger partial charge in [-0.1, -0.05) is 13.8 Å². The van der Waals surface area contributed by atoms with Crippen molar-refractivity contribution < 1.29 is 9.59 Å². The molecule has 1 fully saturated rings. The SMILES string of the molecule is CC(C)c1cc(C(=O)Nc2ccc(N3CCNC(=O)C3)cc2)nn1C(C)(C)C. The number of carbonyl (C=O) groups is 2. The first kappa shape index (κ1) is 19.9. The van der Waals surface area contributed by atoms with Crippen LogP contribution in [0.4, 0.5) is 11.4 Å². The molecule has 1 aliphatic heterocycles. The predicted octanol–water partition coefficient (Wildman–Crippen LogP) is 2.95. The zero-order valence-corrected chi connectivity index (χ0v) is 17.2. The second-order valence-electron chi connectivity index (χ2n) is 8.46. The zero-order chi connectivity index (χ0) is 20.5. The summed E-state index contributed by atoms with van der Waals surface area (Å²) in [5, 5.41) is 10.3. The van der Waals surface area contributed by atoms with Gasteiger partial charge in [0.1, 0.15) is 0 Å². The number of nitrogens with one attached hydrogen (secondary N) is 2. The van der Waals surface area contributed by atoms with Gasteiger partial charge >= 0.3 is 0 Å². The summed E-state index contributed by atoms with van der Waals surface area (Å²) in [7, 11) is 0. The Kier molecular flexibility index (Phi) is 5.45. The molecule has 1 aromatic heterocycles. The number of piperazine rings is 1. The lowest BCUT2D eigenvalue weighted by Crippen LogP contribution is -2.47. The van der Waals surface area contributed by atoms with E-state index in [1.165, 1.54) is 0 Å². The normalized spacial score (nSPS) is 14.9. The summed E-state index contributed by atoms with van der Waals surface area (Å²) >= 11 is 0. The number of nitrogens with zero attached hydrogens (tertiary/aromatic N) is 3. The van der Waals surface area contributed by atoms with E-state index in [2.05, 4.69) is 50.4 Å². The maximum absolute atomic E-state index is 12.7.